The molecule has 0 spiro atoms. The van der Waals surface area contributed by atoms with Gasteiger partial charge in [-0.3, -0.25) is 0 Å². The summed E-state index contributed by atoms with van der Waals surface area (Å²) in [6.45, 7) is 22.5. The van der Waals surface area contributed by atoms with Gasteiger partial charge in [-0.25, -0.2) is 0 Å². The maximum atomic E-state index is 6.86. The third-order valence-corrected chi connectivity index (χ3v) is 45.1. The van der Waals surface area contributed by atoms with Gasteiger partial charge in [0.05, 0.1) is 50.8 Å². The molecule has 4 aliphatic heterocycles. The fourth-order valence-electron chi connectivity index (χ4n) is 10.7. The molecule has 0 bridgehead atoms. The van der Waals surface area contributed by atoms with Crippen LogP contribution in [0.5, 0.6) is 0 Å². The Morgan fingerprint density at radius 1 is 0.365 bits per heavy atom. The molecule has 6 rings (SSSR count). The van der Waals surface area contributed by atoms with Crippen molar-refractivity contribution in [2.75, 3.05) is 96.5 Å². The Hall–Kier alpha value is 1.02. The summed E-state index contributed by atoms with van der Waals surface area (Å²) in [4.78, 5) is 0. The van der Waals surface area contributed by atoms with Crippen LogP contribution in [0.2, 0.25) is 101 Å². The van der Waals surface area contributed by atoms with Crippen molar-refractivity contribution < 1.29 is 80.3 Å². The van der Waals surface area contributed by atoms with Gasteiger partial charge < -0.3 is 80.3 Å². The Kier molecular flexibility index (Phi) is 26.5. The minimum Gasteiger partial charge on any atom is -0.416 e. The predicted molar refractivity (Wildman–Crippen MR) is 303 cm³/mol. The quantitative estimate of drug-likeness (QED) is 0.0321. The van der Waals surface area contributed by atoms with Crippen LogP contribution in [0.4, 0.5) is 0 Å². The second-order valence-electron chi connectivity index (χ2n) is 23.9. The molecule has 2 saturated carbocycles. The molecule has 436 valence electrons. The Labute approximate surface area is 456 Å². The molecule has 0 N–H and O–H groups in total. The third-order valence-electron chi connectivity index (χ3n) is 15.8. The molecule has 0 aromatic rings. The summed E-state index contributed by atoms with van der Waals surface area (Å²) in [7, 11) is -6.19. The van der Waals surface area contributed by atoms with E-state index in [-0.39, 0.29) is 0 Å². The monoisotopic (exact) mass is 1190 g/mol. The molecule has 0 aromatic heterocycles. The van der Waals surface area contributed by atoms with Crippen LogP contribution in [0.25, 0.3) is 0 Å². The Morgan fingerprint density at radius 3 is 0.905 bits per heavy atom. The first-order valence-electron chi connectivity index (χ1n) is 27.9. The van der Waals surface area contributed by atoms with E-state index in [9.17, 15) is 0 Å². The summed E-state index contributed by atoms with van der Waals surface area (Å²) in [6.07, 6.45) is 14.5. The maximum absolute atomic E-state index is 6.86. The fourth-order valence-corrected chi connectivity index (χ4v) is 41.5. The molecular weight excluding hydrogens is 1090 g/mol. The lowest BCUT2D eigenvalue weighted by molar-refractivity contribution is 0.115. The summed E-state index contributed by atoms with van der Waals surface area (Å²) in [6, 6.07) is 6.57. The summed E-state index contributed by atoms with van der Waals surface area (Å²) in [5.74, 6) is 1.51. The van der Waals surface area contributed by atoms with Crippen molar-refractivity contribution in [1.29, 1.82) is 0 Å². The van der Waals surface area contributed by atoms with Gasteiger partial charge in [-0.15, -0.1) is 0 Å². The average molecular weight is 1190 g/mol. The van der Waals surface area contributed by atoms with Crippen molar-refractivity contribution in [3.05, 3.63) is 0 Å². The molecule has 2 aliphatic carbocycles. The van der Waals surface area contributed by atoms with E-state index in [0.29, 0.717) is 87.2 Å². The van der Waals surface area contributed by atoms with Crippen molar-refractivity contribution in [2.24, 2.45) is 11.8 Å². The molecule has 26 heteroatoms. The van der Waals surface area contributed by atoms with E-state index in [4.69, 9.17) is 80.3 Å². The third kappa shape index (κ3) is 22.7. The normalized spacial score (nSPS) is 26.3. The molecule has 0 radical (unpaired) electrons. The first kappa shape index (κ1) is 65.8. The first-order chi connectivity index (χ1) is 35.0. The fraction of sp³-hybridized carbons (Fsp3) is 1.00. The average Bonchev–Trinajstić information content (AvgIpc) is 4.14. The minimum atomic E-state index is -2.93. The van der Waals surface area contributed by atoms with Gasteiger partial charge in [-0.1, -0.05) is 12.8 Å². The molecule has 0 aromatic carbocycles. The zero-order valence-electron chi connectivity index (χ0n) is 48.9. The first-order valence-corrected chi connectivity index (χ1v) is 48.1. The van der Waals surface area contributed by atoms with Crippen LogP contribution in [0.1, 0.15) is 64.2 Å². The van der Waals surface area contributed by atoms with E-state index in [1.54, 1.807) is 56.9 Å². The molecule has 4 heterocycles. The summed E-state index contributed by atoms with van der Waals surface area (Å²) in [5, 5.41) is 0. The smallest absolute Gasteiger partial charge is 0.416 e. The van der Waals surface area contributed by atoms with Gasteiger partial charge in [0.1, 0.15) is 12.2 Å². The maximum Gasteiger partial charge on any atom is 0.489 e. The topological polar surface area (TPSA) is 179 Å². The minimum absolute atomic E-state index is 0.297. The van der Waals surface area contributed by atoms with Crippen molar-refractivity contribution in [3.63, 3.8) is 0 Å². The Morgan fingerprint density at radius 2 is 0.649 bits per heavy atom. The Bertz CT molecular complexity index is 1490. The number of ether oxygens (including phenoxy) is 6. The molecular formula is C48H104O18Si8. The SMILES string of the molecule is CO[Si](CC[Si](OC)(OC)O[Si](C)(C)CCC1CCC2OC2C1)(OC)O[Si](C)(C)CCC1CCC2OC2C1.CO[Si](CC[Si](OC)(OC)O[Si](C)(C)CCCOCC1CO1)(OC)O[Si](C)(C)CCCOCC1CO1. The van der Waals surface area contributed by atoms with E-state index in [0.717, 1.165) is 62.1 Å². The van der Waals surface area contributed by atoms with E-state index in [1.165, 1.54) is 51.4 Å². The highest BCUT2D eigenvalue weighted by atomic mass is 28.5. The second-order valence-corrected chi connectivity index (χ2v) is 54.0. The van der Waals surface area contributed by atoms with Gasteiger partial charge in [0, 0.05) is 94.3 Å². The molecule has 6 aliphatic rings. The van der Waals surface area contributed by atoms with Gasteiger partial charge in [0.2, 0.25) is 0 Å². The number of fused-ring (bicyclic) bond motifs is 2. The Balaban J connectivity index is 0.000000275. The van der Waals surface area contributed by atoms with E-state index in [2.05, 4.69) is 52.4 Å². The lowest BCUT2D eigenvalue weighted by Gasteiger charge is -2.39. The predicted octanol–water partition coefficient (Wildman–Crippen LogP) is 9.31. The highest BCUT2D eigenvalue weighted by molar-refractivity contribution is 6.84. The van der Waals surface area contributed by atoms with Crippen LogP contribution in [0.3, 0.4) is 0 Å². The van der Waals surface area contributed by atoms with Crippen LogP contribution < -0.4 is 0 Å². The van der Waals surface area contributed by atoms with Crippen molar-refractivity contribution in [3.8, 4) is 0 Å². The van der Waals surface area contributed by atoms with Crippen molar-refractivity contribution >= 4 is 68.5 Å². The summed E-state index contributed by atoms with van der Waals surface area (Å²) < 4.78 is 108. The lowest BCUT2D eigenvalue weighted by Crippen LogP contribution is -2.56. The standard InChI is InChI=1S/C26H54O8Si4.C22H50O10Si4/c1-27-37(28-2,33-35(5,6)15-13-21-9-11-23-25(19-21)31-23)17-18-38(29-3,30-4)34-36(7,8)16-14-22-10-12-24-26(20-22)32-24;1-23-35(24-2,31-33(5,6)13-9-11-27-17-21-19-29-21)15-16-36(25-3,26-4)32-34(7,8)14-10-12-28-18-22-20-30-22/h21-26H,9-20H2,1-8H3;21-22H,9-20H2,1-8H3. The number of rotatable bonds is 40. The van der Waals surface area contributed by atoms with Crippen LogP contribution in [0, 0.1) is 11.8 Å². The zero-order valence-corrected chi connectivity index (χ0v) is 56.9. The lowest BCUT2D eigenvalue weighted by atomic mass is 9.88. The highest BCUT2D eigenvalue weighted by Gasteiger charge is 2.54. The van der Waals surface area contributed by atoms with Crippen LogP contribution in [-0.4, -0.2) is 202 Å². The molecule has 18 nitrogen and oxygen atoms in total. The largest absolute Gasteiger partial charge is 0.489 e. The van der Waals surface area contributed by atoms with Gasteiger partial charge in [-0.05, 0) is 140 Å². The number of epoxide rings is 4. The van der Waals surface area contributed by atoms with Gasteiger partial charge in [0.25, 0.3) is 0 Å². The van der Waals surface area contributed by atoms with Crippen molar-refractivity contribution in [1.82, 2.24) is 0 Å². The highest BCUT2D eigenvalue weighted by Crippen LogP contribution is 2.44. The molecule has 74 heavy (non-hydrogen) atoms. The van der Waals surface area contributed by atoms with Crippen LogP contribution in [0.15, 0.2) is 0 Å². The number of hydrogen-bond acceptors (Lipinski definition) is 18. The molecule has 0 amide bonds. The molecule has 8 atom stereocenters. The van der Waals surface area contributed by atoms with Gasteiger partial charge >= 0.3 is 35.2 Å². The van der Waals surface area contributed by atoms with Crippen LogP contribution in [-0.2, 0) is 80.3 Å². The summed E-state index contributed by atoms with van der Waals surface area (Å²) >= 11 is 0. The van der Waals surface area contributed by atoms with Crippen LogP contribution >= 0.6 is 0 Å². The second kappa shape index (κ2) is 29.8. The van der Waals surface area contributed by atoms with Gasteiger partial charge in [-0.2, -0.15) is 0 Å². The molecule has 8 unspecified atom stereocenters. The molecule has 4 saturated heterocycles. The number of hydrogen-bond donors (Lipinski definition) is 0. The van der Waals surface area contributed by atoms with E-state index in [1.807, 2.05) is 0 Å². The molecule has 6 fully saturated rings. The zero-order chi connectivity index (χ0) is 54.3. The van der Waals surface area contributed by atoms with E-state index < -0.39 is 68.5 Å². The van der Waals surface area contributed by atoms with Gasteiger partial charge in [0.15, 0.2) is 33.3 Å². The van der Waals surface area contributed by atoms with E-state index >= 15 is 0 Å². The summed E-state index contributed by atoms with van der Waals surface area (Å²) in [5.41, 5.74) is 0. The van der Waals surface area contributed by atoms with Crippen molar-refractivity contribution in [2.45, 2.75) is 202 Å².